The zero-order valence-electron chi connectivity index (χ0n) is 18.2. The fraction of sp³-hybridized carbons (Fsp3) is 0.636. The van der Waals surface area contributed by atoms with E-state index < -0.39 is 5.97 Å². The van der Waals surface area contributed by atoms with Gasteiger partial charge in [0.2, 0.25) is 0 Å². The molecular weight excluding hydrogens is 356 g/mol. The van der Waals surface area contributed by atoms with E-state index >= 15 is 0 Å². The molecule has 1 aromatic carbocycles. The molecule has 1 heterocycles. The second kappa shape index (κ2) is 11.1. The molecule has 28 heavy (non-hydrogen) atoms. The molecule has 6 nitrogen and oxygen atoms in total. The Balaban J connectivity index is 0.00000190. The molecule has 0 spiro atoms. The first-order valence-electron chi connectivity index (χ1n) is 10.1. The normalized spacial score (nSPS) is 14.9. The number of hydrogen-bond acceptors (Lipinski definition) is 4. The second-order valence-corrected chi connectivity index (χ2v) is 8.11. The van der Waals surface area contributed by atoms with Crippen LogP contribution in [0.5, 0.6) is 5.75 Å². The number of piperazine rings is 1. The van der Waals surface area contributed by atoms with Crippen molar-refractivity contribution >= 4 is 11.9 Å². The van der Waals surface area contributed by atoms with Gasteiger partial charge in [0.15, 0.2) is 6.61 Å². The van der Waals surface area contributed by atoms with E-state index in [4.69, 9.17) is 9.84 Å². The fourth-order valence-corrected chi connectivity index (χ4v) is 2.89. The van der Waals surface area contributed by atoms with Gasteiger partial charge in [0.25, 0.3) is 5.91 Å². The van der Waals surface area contributed by atoms with Crippen LogP contribution in [0.15, 0.2) is 18.2 Å². The predicted molar refractivity (Wildman–Crippen MR) is 112 cm³/mol. The number of aryl methyl sites for hydroxylation is 1. The van der Waals surface area contributed by atoms with Gasteiger partial charge >= 0.3 is 5.97 Å². The van der Waals surface area contributed by atoms with Crippen LogP contribution in [-0.4, -0.2) is 66.1 Å². The molecule has 0 aliphatic carbocycles. The monoisotopic (exact) mass is 392 g/mol. The molecule has 1 aliphatic rings. The van der Waals surface area contributed by atoms with Crippen LogP contribution in [0.4, 0.5) is 0 Å². The van der Waals surface area contributed by atoms with Crippen molar-refractivity contribution in [2.24, 2.45) is 5.41 Å². The Kier molecular flexibility index (Phi) is 9.46. The highest BCUT2D eigenvalue weighted by Gasteiger charge is 2.22. The third-order valence-corrected chi connectivity index (χ3v) is 4.68. The lowest BCUT2D eigenvalue weighted by molar-refractivity contribution is -0.135. The van der Waals surface area contributed by atoms with E-state index in [2.05, 4.69) is 25.7 Å². The number of ether oxygens (including phenoxy) is 1. The summed E-state index contributed by atoms with van der Waals surface area (Å²) in [7, 11) is 0. The van der Waals surface area contributed by atoms with Crippen LogP contribution in [-0.2, 0) is 4.79 Å². The topological polar surface area (TPSA) is 70.1 Å². The van der Waals surface area contributed by atoms with Crippen LogP contribution in [0.1, 0.15) is 57.0 Å². The van der Waals surface area contributed by atoms with Crippen molar-refractivity contribution in [1.29, 1.82) is 0 Å². The standard InChI is InChI=1S/C20H30N2O4.C2H6/c1-15-13-16(19(24)25)5-6-17(15)26-14-18(23)22-11-9-21(10-12-22)8-7-20(2,3)4;1-2/h5-6,13H,7-12,14H2,1-4H3,(H,24,25);1-2H3. The molecule has 0 saturated carbocycles. The first-order chi connectivity index (χ1) is 13.2. The smallest absolute Gasteiger partial charge is 0.335 e. The predicted octanol–water partition coefficient (Wildman–Crippen LogP) is 3.68. The van der Waals surface area contributed by atoms with E-state index in [0.29, 0.717) is 16.7 Å². The van der Waals surface area contributed by atoms with Crippen LogP contribution >= 0.6 is 0 Å². The Morgan fingerprint density at radius 3 is 2.21 bits per heavy atom. The maximum Gasteiger partial charge on any atom is 0.335 e. The molecule has 0 bridgehead atoms. The molecule has 0 unspecified atom stereocenters. The number of aromatic carboxylic acids is 1. The Hall–Kier alpha value is -2.08. The zero-order chi connectivity index (χ0) is 21.3. The minimum Gasteiger partial charge on any atom is -0.483 e. The number of carbonyl (C=O) groups excluding carboxylic acids is 1. The van der Waals surface area contributed by atoms with E-state index in [1.165, 1.54) is 6.07 Å². The van der Waals surface area contributed by atoms with Gasteiger partial charge in [0.1, 0.15) is 5.75 Å². The summed E-state index contributed by atoms with van der Waals surface area (Å²) < 4.78 is 5.61. The second-order valence-electron chi connectivity index (χ2n) is 8.11. The average Bonchev–Trinajstić information content (AvgIpc) is 2.66. The van der Waals surface area contributed by atoms with Gasteiger partial charge < -0.3 is 14.7 Å². The highest BCUT2D eigenvalue weighted by molar-refractivity contribution is 5.88. The van der Waals surface area contributed by atoms with Crippen molar-refractivity contribution in [2.75, 3.05) is 39.3 Å². The highest BCUT2D eigenvalue weighted by Crippen LogP contribution is 2.20. The summed E-state index contributed by atoms with van der Waals surface area (Å²) in [6, 6.07) is 4.65. The lowest BCUT2D eigenvalue weighted by Crippen LogP contribution is -2.50. The molecule has 1 N–H and O–H groups in total. The lowest BCUT2D eigenvalue weighted by atomic mass is 9.92. The van der Waals surface area contributed by atoms with Crippen molar-refractivity contribution in [1.82, 2.24) is 9.80 Å². The van der Waals surface area contributed by atoms with Gasteiger partial charge in [-0.05, 0) is 49.1 Å². The minimum atomic E-state index is -0.972. The lowest BCUT2D eigenvalue weighted by Gasteiger charge is -2.35. The number of benzene rings is 1. The minimum absolute atomic E-state index is 0.0186. The SMILES string of the molecule is CC.Cc1cc(C(=O)O)ccc1OCC(=O)N1CCN(CCC(C)(C)C)CC1. The van der Waals surface area contributed by atoms with Gasteiger partial charge in [-0.3, -0.25) is 9.69 Å². The molecule has 2 rings (SSSR count). The molecule has 1 aromatic rings. The average molecular weight is 393 g/mol. The first-order valence-corrected chi connectivity index (χ1v) is 10.1. The molecular formula is C22H36N2O4. The maximum absolute atomic E-state index is 12.4. The molecule has 0 atom stereocenters. The Morgan fingerprint density at radius 2 is 1.71 bits per heavy atom. The van der Waals surface area contributed by atoms with Crippen LogP contribution in [0, 0.1) is 12.3 Å². The van der Waals surface area contributed by atoms with E-state index in [9.17, 15) is 9.59 Å². The summed E-state index contributed by atoms with van der Waals surface area (Å²) in [5.41, 5.74) is 1.26. The van der Waals surface area contributed by atoms with E-state index in [1.807, 2.05) is 18.7 Å². The Morgan fingerprint density at radius 1 is 1.11 bits per heavy atom. The van der Waals surface area contributed by atoms with E-state index in [0.717, 1.165) is 39.1 Å². The molecule has 1 aliphatic heterocycles. The van der Waals surface area contributed by atoms with Gasteiger partial charge in [0, 0.05) is 26.2 Å². The van der Waals surface area contributed by atoms with Crippen molar-refractivity contribution in [3.8, 4) is 5.75 Å². The van der Waals surface area contributed by atoms with Crippen LogP contribution in [0.2, 0.25) is 0 Å². The van der Waals surface area contributed by atoms with Crippen molar-refractivity contribution < 1.29 is 19.4 Å². The van der Waals surface area contributed by atoms with Crippen molar-refractivity contribution in [3.63, 3.8) is 0 Å². The third kappa shape index (κ3) is 7.89. The molecule has 1 amide bonds. The summed E-state index contributed by atoms with van der Waals surface area (Å²) in [5.74, 6) is -0.450. The summed E-state index contributed by atoms with van der Waals surface area (Å²) in [6.45, 7) is 16.8. The van der Waals surface area contributed by atoms with Crippen LogP contribution in [0.25, 0.3) is 0 Å². The Bertz CT molecular complexity index is 644. The fourth-order valence-electron chi connectivity index (χ4n) is 2.89. The first kappa shape index (κ1) is 24.0. The zero-order valence-corrected chi connectivity index (χ0v) is 18.2. The molecule has 1 saturated heterocycles. The van der Waals surface area contributed by atoms with Crippen molar-refractivity contribution in [3.05, 3.63) is 29.3 Å². The molecule has 1 fully saturated rings. The van der Waals surface area contributed by atoms with Gasteiger partial charge in [0.05, 0.1) is 5.56 Å². The van der Waals surface area contributed by atoms with Crippen molar-refractivity contribution in [2.45, 2.75) is 48.0 Å². The number of carboxylic acid groups (broad SMARTS) is 1. The van der Waals surface area contributed by atoms with Crippen LogP contribution < -0.4 is 4.74 Å². The number of rotatable bonds is 6. The number of hydrogen-bond donors (Lipinski definition) is 1. The third-order valence-electron chi connectivity index (χ3n) is 4.68. The number of carbonyl (C=O) groups is 2. The molecule has 0 radical (unpaired) electrons. The largest absolute Gasteiger partial charge is 0.483 e. The number of nitrogens with zero attached hydrogens (tertiary/aromatic N) is 2. The van der Waals surface area contributed by atoms with E-state index in [1.54, 1.807) is 19.1 Å². The highest BCUT2D eigenvalue weighted by atomic mass is 16.5. The van der Waals surface area contributed by atoms with Gasteiger partial charge in [-0.2, -0.15) is 0 Å². The number of amides is 1. The Labute approximate surface area is 169 Å². The van der Waals surface area contributed by atoms with E-state index in [-0.39, 0.29) is 18.1 Å². The van der Waals surface area contributed by atoms with Gasteiger partial charge in [-0.15, -0.1) is 0 Å². The summed E-state index contributed by atoms with van der Waals surface area (Å²) >= 11 is 0. The van der Waals surface area contributed by atoms with Gasteiger partial charge in [-0.1, -0.05) is 34.6 Å². The molecule has 6 heteroatoms. The summed E-state index contributed by atoms with van der Waals surface area (Å²) in [4.78, 5) is 27.6. The summed E-state index contributed by atoms with van der Waals surface area (Å²) in [6.07, 6.45) is 1.15. The maximum atomic E-state index is 12.4. The van der Waals surface area contributed by atoms with Gasteiger partial charge in [-0.25, -0.2) is 4.79 Å². The molecule has 0 aromatic heterocycles. The van der Waals surface area contributed by atoms with Crippen LogP contribution in [0.3, 0.4) is 0 Å². The number of carboxylic acids is 1. The summed E-state index contributed by atoms with van der Waals surface area (Å²) in [5, 5.41) is 8.99. The molecule has 158 valence electrons. The quantitative estimate of drug-likeness (QED) is 0.800.